The average molecular weight is 391 g/mol. The number of nitrogens with one attached hydrogen (secondary N) is 1. The number of allylic oxidation sites excluding steroid dienone is 1. The van der Waals surface area contributed by atoms with Crippen LogP contribution >= 0.6 is 0 Å². The maximum Gasteiger partial charge on any atom is 0.328 e. The lowest BCUT2D eigenvalue weighted by Crippen LogP contribution is -2.43. The molecule has 0 saturated carbocycles. The average Bonchev–Trinajstić information content (AvgIpc) is 2.68. The van der Waals surface area contributed by atoms with Gasteiger partial charge in [-0.2, -0.15) is 0 Å². The van der Waals surface area contributed by atoms with E-state index in [1.807, 2.05) is 6.07 Å². The van der Waals surface area contributed by atoms with E-state index in [0.29, 0.717) is 24.8 Å². The Kier molecular flexibility index (Phi) is 11.2. The lowest BCUT2D eigenvalue weighted by atomic mass is 10.1. The Morgan fingerprint density at radius 3 is 2.64 bits per heavy atom. The molecular weight excluding hydrogens is 362 g/mol. The molecule has 2 rings (SSSR count). The van der Waals surface area contributed by atoms with Crippen LogP contribution in [0.4, 0.5) is 0 Å². The third-order valence-corrected chi connectivity index (χ3v) is 3.98. The second-order valence-electron chi connectivity index (χ2n) is 6.18. The van der Waals surface area contributed by atoms with Crippen LogP contribution < -0.4 is 10.1 Å². The predicted molar refractivity (Wildman–Crippen MR) is 106 cm³/mol. The molecule has 0 radical (unpaired) electrons. The van der Waals surface area contributed by atoms with Crippen LogP contribution in [-0.4, -0.2) is 65.3 Å². The van der Waals surface area contributed by atoms with E-state index in [0.717, 1.165) is 31.9 Å². The van der Waals surface area contributed by atoms with Crippen LogP contribution in [0.3, 0.4) is 0 Å². The first kappa shape index (κ1) is 23.3. The fourth-order valence-electron chi connectivity index (χ4n) is 2.55. The lowest BCUT2D eigenvalue weighted by Gasteiger charge is -2.33. The van der Waals surface area contributed by atoms with E-state index < -0.39 is 11.9 Å². The summed E-state index contributed by atoms with van der Waals surface area (Å²) in [5, 5.41) is 19.1. The fourth-order valence-corrected chi connectivity index (χ4v) is 2.55. The molecule has 0 bridgehead atoms. The number of carboxylic acids is 2. The first-order valence-electron chi connectivity index (χ1n) is 9.23. The van der Waals surface area contributed by atoms with Gasteiger partial charge in [0.1, 0.15) is 6.61 Å². The van der Waals surface area contributed by atoms with Crippen molar-refractivity contribution in [2.75, 3.05) is 33.3 Å². The minimum atomic E-state index is -1.26. The minimum Gasteiger partial charge on any atom is -0.478 e. The molecule has 0 spiro atoms. The Labute approximate surface area is 165 Å². The number of carboxylic acid groups (broad SMARTS) is 2. The summed E-state index contributed by atoms with van der Waals surface area (Å²) in [6.07, 6.45) is 9.43. The highest BCUT2D eigenvalue weighted by molar-refractivity contribution is 5.89. The standard InChI is InChI=1S/C16H25N3O.C4H4O4/c1-3-4-5-6-12-20-16-14(8-7-9-18-16)15-13-17-10-11-19(15)2;5-3(6)1-2-4(7)8/h5-9,15,17H,3-4,10-13H2,1-2H3;1-2H,(H,5,6)(H,7,8)/b6-5+;2-1+. The van der Waals surface area contributed by atoms with Crippen molar-refractivity contribution in [3.05, 3.63) is 48.2 Å². The van der Waals surface area contributed by atoms with Crippen molar-refractivity contribution in [3.63, 3.8) is 0 Å². The molecule has 1 aromatic rings. The highest BCUT2D eigenvalue weighted by atomic mass is 16.5. The Morgan fingerprint density at radius 2 is 2.04 bits per heavy atom. The summed E-state index contributed by atoms with van der Waals surface area (Å²) >= 11 is 0. The zero-order valence-electron chi connectivity index (χ0n) is 16.4. The van der Waals surface area contributed by atoms with Crippen molar-refractivity contribution >= 4 is 11.9 Å². The monoisotopic (exact) mass is 391 g/mol. The molecule has 8 nitrogen and oxygen atoms in total. The first-order chi connectivity index (χ1) is 13.5. The molecular formula is C20H29N3O5. The molecule has 1 fully saturated rings. The topological polar surface area (TPSA) is 112 Å². The number of hydrogen-bond acceptors (Lipinski definition) is 6. The van der Waals surface area contributed by atoms with E-state index in [1.54, 1.807) is 6.20 Å². The van der Waals surface area contributed by atoms with Gasteiger partial charge < -0.3 is 20.3 Å². The van der Waals surface area contributed by atoms with Gasteiger partial charge in [0.2, 0.25) is 5.88 Å². The summed E-state index contributed by atoms with van der Waals surface area (Å²) < 4.78 is 5.83. The smallest absolute Gasteiger partial charge is 0.328 e. The van der Waals surface area contributed by atoms with Crippen molar-refractivity contribution in [2.45, 2.75) is 25.8 Å². The van der Waals surface area contributed by atoms with Crippen LogP contribution in [0.5, 0.6) is 5.88 Å². The van der Waals surface area contributed by atoms with E-state index in [2.05, 4.69) is 47.4 Å². The van der Waals surface area contributed by atoms with Crippen molar-refractivity contribution in [1.82, 2.24) is 15.2 Å². The van der Waals surface area contributed by atoms with Gasteiger partial charge in [0.05, 0.1) is 6.04 Å². The summed E-state index contributed by atoms with van der Waals surface area (Å²) in [5.41, 5.74) is 1.17. The summed E-state index contributed by atoms with van der Waals surface area (Å²) in [6, 6.07) is 4.44. The van der Waals surface area contributed by atoms with Crippen molar-refractivity contribution in [2.24, 2.45) is 0 Å². The molecule has 0 aromatic carbocycles. The normalized spacial score (nSPS) is 17.3. The number of likely N-dealkylation sites (N-methyl/N-ethyl adjacent to an activating group) is 1. The molecule has 0 aliphatic carbocycles. The van der Waals surface area contributed by atoms with Crippen LogP contribution in [0, 0.1) is 0 Å². The quantitative estimate of drug-likeness (QED) is 0.456. The third kappa shape index (κ3) is 9.29. The fraction of sp³-hybridized carbons (Fsp3) is 0.450. The van der Waals surface area contributed by atoms with E-state index in [1.165, 1.54) is 12.0 Å². The summed E-state index contributed by atoms with van der Waals surface area (Å²) in [7, 11) is 2.16. The molecule has 1 atom stereocenters. The number of ether oxygens (including phenoxy) is 1. The molecule has 1 aromatic heterocycles. The zero-order chi connectivity index (χ0) is 20.8. The second kappa shape index (κ2) is 13.5. The summed E-state index contributed by atoms with van der Waals surface area (Å²) in [4.78, 5) is 25.9. The van der Waals surface area contributed by atoms with E-state index >= 15 is 0 Å². The van der Waals surface area contributed by atoms with Gasteiger partial charge in [0.15, 0.2) is 0 Å². The van der Waals surface area contributed by atoms with Gasteiger partial charge in [-0.05, 0) is 19.5 Å². The van der Waals surface area contributed by atoms with E-state index in [-0.39, 0.29) is 0 Å². The molecule has 1 unspecified atom stereocenters. The van der Waals surface area contributed by atoms with Gasteiger partial charge in [-0.15, -0.1) is 0 Å². The number of nitrogens with zero attached hydrogens (tertiary/aromatic N) is 2. The molecule has 0 amide bonds. The molecule has 1 aliphatic rings. The first-order valence-corrected chi connectivity index (χ1v) is 9.23. The summed E-state index contributed by atoms with van der Waals surface area (Å²) in [6.45, 7) is 5.81. The van der Waals surface area contributed by atoms with Crippen molar-refractivity contribution in [1.29, 1.82) is 0 Å². The van der Waals surface area contributed by atoms with Gasteiger partial charge in [-0.3, -0.25) is 4.90 Å². The minimum absolute atomic E-state index is 0.340. The highest BCUT2D eigenvalue weighted by Crippen LogP contribution is 2.27. The highest BCUT2D eigenvalue weighted by Gasteiger charge is 2.23. The van der Waals surface area contributed by atoms with E-state index in [4.69, 9.17) is 14.9 Å². The molecule has 154 valence electrons. The number of aliphatic carboxylic acids is 2. The number of piperazine rings is 1. The van der Waals surface area contributed by atoms with Gasteiger partial charge in [-0.1, -0.05) is 31.6 Å². The largest absolute Gasteiger partial charge is 0.478 e. The molecule has 3 N–H and O–H groups in total. The Bertz CT molecular complexity index is 660. The maximum absolute atomic E-state index is 9.55. The van der Waals surface area contributed by atoms with Gasteiger partial charge in [0, 0.05) is 43.5 Å². The van der Waals surface area contributed by atoms with Gasteiger partial charge in [-0.25, -0.2) is 14.6 Å². The van der Waals surface area contributed by atoms with Crippen molar-refractivity contribution < 1.29 is 24.5 Å². The number of pyridine rings is 1. The van der Waals surface area contributed by atoms with Gasteiger partial charge >= 0.3 is 11.9 Å². The number of aromatic nitrogens is 1. The Balaban J connectivity index is 0.000000416. The number of carbonyl (C=O) groups is 2. The SMILES string of the molecule is CCC/C=C/COc1ncccc1C1CNCCN1C.O=C(O)/C=C/C(=O)O. The molecule has 1 saturated heterocycles. The van der Waals surface area contributed by atoms with Crippen molar-refractivity contribution in [3.8, 4) is 5.88 Å². The number of unbranched alkanes of at least 4 members (excludes halogenated alkanes) is 1. The zero-order valence-corrected chi connectivity index (χ0v) is 16.4. The maximum atomic E-state index is 9.55. The predicted octanol–water partition coefficient (Wildman–Crippen LogP) is 2.10. The number of hydrogen-bond donors (Lipinski definition) is 3. The van der Waals surface area contributed by atoms with Crippen LogP contribution in [0.1, 0.15) is 31.4 Å². The van der Waals surface area contributed by atoms with Crippen LogP contribution in [0.25, 0.3) is 0 Å². The Hall–Kier alpha value is -2.71. The number of rotatable bonds is 8. The lowest BCUT2D eigenvalue weighted by molar-refractivity contribution is -0.134. The van der Waals surface area contributed by atoms with Gasteiger partial charge in [0.25, 0.3) is 0 Å². The molecule has 28 heavy (non-hydrogen) atoms. The Morgan fingerprint density at radius 1 is 1.32 bits per heavy atom. The van der Waals surface area contributed by atoms with E-state index in [9.17, 15) is 9.59 Å². The molecule has 1 aliphatic heterocycles. The molecule has 2 heterocycles. The molecule has 8 heteroatoms. The summed E-state index contributed by atoms with van der Waals surface area (Å²) in [5.74, 6) is -1.76. The third-order valence-electron chi connectivity index (χ3n) is 3.98. The van der Waals surface area contributed by atoms with Crippen LogP contribution in [0.15, 0.2) is 42.6 Å². The second-order valence-corrected chi connectivity index (χ2v) is 6.18. The van der Waals surface area contributed by atoms with Crippen LogP contribution in [0.2, 0.25) is 0 Å². The van der Waals surface area contributed by atoms with Crippen LogP contribution in [-0.2, 0) is 9.59 Å².